The lowest BCUT2D eigenvalue weighted by atomic mass is 10.2. The topological polar surface area (TPSA) is 81.5 Å². The summed E-state index contributed by atoms with van der Waals surface area (Å²) < 4.78 is 41.8. The molecule has 0 radical (unpaired) electrons. The van der Waals surface area contributed by atoms with Crippen molar-refractivity contribution in [3.8, 4) is 5.75 Å². The number of carbonyl (C=O) groups is 1. The number of aryl methyl sites for hydroxylation is 1. The first-order chi connectivity index (χ1) is 12.6. The number of nitrogens with one attached hydrogen (secondary N) is 1. The molecule has 0 saturated heterocycles. The van der Waals surface area contributed by atoms with Crippen LogP contribution in [0.25, 0.3) is 6.08 Å². The Morgan fingerprint density at radius 2 is 2.00 bits per heavy atom. The quantitative estimate of drug-likeness (QED) is 0.455. The molecular weight excluding hydrogens is 365 g/mol. The van der Waals surface area contributed by atoms with Crippen LogP contribution in [0.5, 0.6) is 5.75 Å². The van der Waals surface area contributed by atoms with Crippen LogP contribution < -0.4 is 10.1 Å². The Morgan fingerprint density at radius 1 is 1.26 bits per heavy atom. The molecule has 2 aromatic rings. The van der Waals surface area contributed by atoms with E-state index < -0.39 is 23.6 Å². The number of rotatable bonds is 6. The summed E-state index contributed by atoms with van der Waals surface area (Å²) in [7, 11) is 0. The van der Waals surface area contributed by atoms with E-state index in [-0.39, 0.29) is 17.1 Å². The molecule has 2 rings (SSSR count). The third-order valence-corrected chi connectivity index (χ3v) is 3.29. The van der Waals surface area contributed by atoms with Gasteiger partial charge in [-0.3, -0.25) is 14.9 Å². The largest absolute Gasteiger partial charge is 0.482 e. The molecular formula is C18H15F3N2O4. The van der Waals surface area contributed by atoms with Gasteiger partial charge in [0.15, 0.2) is 6.61 Å². The standard InChI is InChI=1S/C18H15F3N2O4/c1-12-5-7-15(16(9-12)27-11-18(19,20)21)22-17(24)8-6-13-3-2-4-14(10-13)23(25)26/h2-10H,11H2,1H3,(H,22,24)/b8-6+. The molecule has 0 aliphatic carbocycles. The Labute approximate surface area is 152 Å². The SMILES string of the molecule is Cc1ccc(NC(=O)/C=C/c2cccc([N+](=O)[O-])c2)c(OCC(F)(F)F)c1. The van der Waals surface area contributed by atoms with Gasteiger partial charge >= 0.3 is 6.18 Å². The molecule has 0 saturated carbocycles. The summed E-state index contributed by atoms with van der Waals surface area (Å²) in [4.78, 5) is 22.2. The highest BCUT2D eigenvalue weighted by Gasteiger charge is 2.29. The van der Waals surface area contributed by atoms with Crippen LogP contribution in [-0.2, 0) is 4.79 Å². The number of non-ortho nitro benzene ring substituents is 1. The molecule has 9 heteroatoms. The maximum Gasteiger partial charge on any atom is 0.422 e. The molecule has 0 unspecified atom stereocenters. The molecule has 0 aromatic heterocycles. The molecule has 1 amide bonds. The number of hydrogen-bond donors (Lipinski definition) is 1. The second-order valence-electron chi connectivity index (χ2n) is 5.58. The zero-order chi connectivity index (χ0) is 20.0. The molecule has 0 atom stereocenters. The fourth-order valence-electron chi connectivity index (χ4n) is 2.10. The predicted octanol–water partition coefficient (Wildman–Crippen LogP) is 4.50. The van der Waals surface area contributed by atoms with Gasteiger partial charge < -0.3 is 10.1 Å². The smallest absolute Gasteiger partial charge is 0.422 e. The van der Waals surface area contributed by atoms with Crippen LogP contribution in [0.15, 0.2) is 48.5 Å². The summed E-state index contributed by atoms with van der Waals surface area (Å²) in [5.41, 5.74) is 1.05. The van der Waals surface area contributed by atoms with Crippen LogP contribution in [0.1, 0.15) is 11.1 Å². The Kier molecular flexibility index (Phi) is 6.17. The number of nitrogens with zero attached hydrogens (tertiary/aromatic N) is 1. The molecule has 0 spiro atoms. The number of halogens is 3. The maximum atomic E-state index is 12.4. The second-order valence-corrected chi connectivity index (χ2v) is 5.58. The fraction of sp³-hybridized carbons (Fsp3) is 0.167. The van der Waals surface area contributed by atoms with Crippen molar-refractivity contribution >= 4 is 23.4 Å². The van der Waals surface area contributed by atoms with E-state index >= 15 is 0 Å². The van der Waals surface area contributed by atoms with E-state index in [0.29, 0.717) is 11.1 Å². The van der Waals surface area contributed by atoms with Gasteiger partial charge in [-0.15, -0.1) is 0 Å². The number of alkyl halides is 3. The minimum atomic E-state index is -4.51. The predicted molar refractivity (Wildman–Crippen MR) is 93.5 cm³/mol. The summed E-state index contributed by atoms with van der Waals surface area (Å²) >= 11 is 0. The monoisotopic (exact) mass is 380 g/mol. The molecule has 0 bridgehead atoms. The van der Waals surface area contributed by atoms with Gasteiger partial charge in [-0.2, -0.15) is 13.2 Å². The van der Waals surface area contributed by atoms with Crippen molar-refractivity contribution in [2.24, 2.45) is 0 Å². The fourth-order valence-corrected chi connectivity index (χ4v) is 2.10. The maximum absolute atomic E-state index is 12.4. The Balaban J connectivity index is 2.11. The molecule has 2 aromatic carbocycles. The van der Waals surface area contributed by atoms with E-state index in [1.54, 1.807) is 19.1 Å². The molecule has 0 aliphatic heterocycles. The lowest BCUT2D eigenvalue weighted by Gasteiger charge is -2.14. The van der Waals surface area contributed by atoms with Crippen LogP contribution in [0.4, 0.5) is 24.5 Å². The van der Waals surface area contributed by atoms with Crippen molar-refractivity contribution in [3.63, 3.8) is 0 Å². The first kappa shape index (κ1) is 20.0. The Hall–Kier alpha value is -3.36. The molecule has 0 aliphatic rings. The lowest BCUT2D eigenvalue weighted by Crippen LogP contribution is -2.20. The molecule has 6 nitrogen and oxygen atoms in total. The van der Waals surface area contributed by atoms with E-state index in [1.807, 2.05) is 0 Å². The molecule has 1 N–H and O–H groups in total. The average Bonchev–Trinajstić information content (AvgIpc) is 2.59. The Morgan fingerprint density at radius 3 is 2.67 bits per heavy atom. The number of nitro groups is 1. The van der Waals surface area contributed by atoms with Crippen LogP contribution in [-0.4, -0.2) is 23.6 Å². The van der Waals surface area contributed by atoms with E-state index in [2.05, 4.69) is 5.32 Å². The highest BCUT2D eigenvalue weighted by atomic mass is 19.4. The third-order valence-electron chi connectivity index (χ3n) is 3.29. The van der Waals surface area contributed by atoms with Crippen molar-refractivity contribution in [3.05, 3.63) is 69.8 Å². The number of nitro benzene ring substituents is 1. The minimum Gasteiger partial charge on any atom is -0.482 e. The molecule has 0 heterocycles. The highest BCUT2D eigenvalue weighted by Crippen LogP contribution is 2.28. The summed E-state index contributed by atoms with van der Waals surface area (Å²) in [6.07, 6.45) is -2.04. The molecule has 27 heavy (non-hydrogen) atoms. The zero-order valence-corrected chi connectivity index (χ0v) is 14.1. The summed E-state index contributed by atoms with van der Waals surface area (Å²) in [6, 6.07) is 10.1. The van der Waals surface area contributed by atoms with Crippen LogP contribution in [0.2, 0.25) is 0 Å². The first-order valence-corrected chi connectivity index (χ1v) is 7.68. The first-order valence-electron chi connectivity index (χ1n) is 7.68. The van der Waals surface area contributed by atoms with Crippen molar-refractivity contribution < 1.29 is 27.6 Å². The van der Waals surface area contributed by atoms with Crippen molar-refractivity contribution in [2.45, 2.75) is 13.1 Å². The van der Waals surface area contributed by atoms with Crippen molar-refractivity contribution in [1.82, 2.24) is 0 Å². The number of ether oxygens (including phenoxy) is 1. The number of amides is 1. The van der Waals surface area contributed by atoms with E-state index in [9.17, 15) is 28.1 Å². The summed E-state index contributed by atoms with van der Waals surface area (Å²) in [6.45, 7) is 0.192. The number of carbonyl (C=O) groups excluding carboxylic acids is 1. The normalized spacial score (nSPS) is 11.4. The molecule has 0 fully saturated rings. The highest BCUT2D eigenvalue weighted by molar-refractivity contribution is 6.02. The number of hydrogen-bond acceptors (Lipinski definition) is 4. The van der Waals surface area contributed by atoms with Crippen LogP contribution in [0, 0.1) is 17.0 Å². The van der Waals surface area contributed by atoms with E-state index in [1.165, 1.54) is 36.4 Å². The Bertz CT molecular complexity index is 879. The van der Waals surface area contributed by atoms with Gasteiger partial charge in [0.05, 0.1) is 10.6 Å². The van der Waals surface area contributed by atoms with E-state index in [0.717, 1.165) is 6.08 Å². The summed E-state index contributed by atoms with van der Waals surface area (Å²) in [5.74, 6) is -0.730. The van der Waals surface area contributed by atoms with Gasteiger partial charge in [0.2, 0.25) is 5.91 Å². The minimum absolute atomic E-state index is 0.0820. The van der Waals surface area contributed by atoms with Gasteiger partial charge in [-0.25, -0.2) is 0 Å². The van der Waals surface area contributed by atoms with Gasteiger partial charge in [0.25, 0.3) is 5.69 Å². The van der Waals surface area contributed by atoms with Crippen LogP contribution >= 0.6 is 0 Å². The second kappa shape index (κ2) is 8.35. The van der Waals surface area contributed by atoms with Crippen LogP contribution in [0.3, 0.4) is 0 Å². The summed E-state index contributed by atoms with van der Waals surface area (Å²) in [5, 5.41) is 13.2. The number of benzene rings is 2. The van der Waals surface area contributed by atoms with Gasteiger partial charge in [0, 0.05) is 18.2 Å². The average molecular weight is 380 g/mol. The zero-order valence-electron chi connectivity index (χ0n) is 14.1. The third kappa shape index (κ3) is 6.46. The van der Waals surface area contributed by atoms with Gasteiger partial charge in [0.1, 0.15) is 5.75 Å². The van der Waals surface area contributed by atoms with Gasteiger partial charge in [-0.05, 0) is 36.3 Å². The lowest BCUT2D eigenvalue weighted by molar-refractivity contribution is -0.384. The van der Waals surface area contributed by atoms with Crippen molar-refractivity contribution in [1.29, 1.82) is 0 Å². The number of anilines is 1. The van der Waals surface area contributed by atoms with E-state index in [4.69, 9.17) is 4.74 Å². The van der Waals surface area contributed by atoms with Gasteiger partial charge in [-0.1, -0.05) is 18.2 Å². The molecule has 142 valence electrons. The van der Waals surface area contributed by atoms with Crippen molar-refractivity contribution in [2.75, 3.05) is 11.9 Å².